The number of hydrogen-bond acceptors (Lipinski definition) is 5. The van der Waals surface area contributed by atoms with E-state index in [-0.39, 0.29) is 18.4 Å². The molecule has 0 unspecified atom stereocenters. The molecule has 2 saturated heterocycles. The topological polar surface area (TPSA) is 88.9 Å². The van der Waals surface area contributed by atoms with Crippen LogP contribution >= 0.6 is 0 Å². The van der Waals surface area contributed by atoms with E-state index in [1.165, 1.54) is 0 Å². The van der Waals surface area contributed by atoms with Crippen molar-refractivity contribution < 1.29 is 23.9 Å². The van der Waals surface area contributed by atoms with Crippen molar-refractivity contribution in [3.63, 3.8) is 0 Å². The lowest BCUT2D eigenvalue weighted by Crippen LogP contribution is -2.37. The molecule has 0 bridgehead atoms. The minimum absolute atomic E-state index is 0.139. The highest BCUT2D eigenvalue weighted by atomic mass is 16.5. The molecule has 0 radical (unpaired) electrons. The highest BCUT2D eigenvalue weighted by Gasteiger charge is 2.44. The lowest BCUT2D eigenvalue weighted by atomic mass is 10.1. The number of carbonyl (C=O) groups is 4. The number of carbonyl (C=O) groups excluding carboxylic acids is 4. The van der Waals surface area contributed by atoms with Crippen LogP contribution in [0.3, 0.4) is 0 Å². The molecule has 0 N–H and O–H groups in total. The summed E-state index contributed by atoms with van der Waals surface area (Å²) in [6.45, 7) is 6.75. The van der Waals surface area contributed by atoms with E-state index in [2.05, 4.69) is 0 Å². The maximum absolute atomic E-state index is 12.8. The van der Waals surface area contributed by atoms with Gasteiger partial charge in [0.1, 0.15) is 0 Å². The number of Topliss-reactive ketones (excluding diaryl/α,β-unsaturated/α-hetero) is 1. The van der Waals surface area contributed by atoms with Crippen molar-refractivity contribution in [2.24, 2.45) is 0 Å². The van der Waals surface area contributed by atoms with Crippen LogP contribution in [0.15, 0.2) is 6.07 Å². The van der Waals surface area contributed by atoms with Crippen molar-refractivity contribution >= 4 is 23.6 Å². The van der Waals surface area contributed by atoms with Gasteiger partial charge >= 0.3 is 17.8 Å². The Bertz CT molecular complexity index is 792. The minimum atomic E-state index is -0.935. The lowest BCUT2D eigenvalue weighted by molar-refractivity contribution is -0.143. The van der Waals surface area contributed by atoms with Crippen LogP contribution < -0.4 is 0 Å². The van der Waals surface area contributed by atoms with Crippen molar-refractivity contribution in [2.75, 3.05) is 19.7 Å². The summed E-state index contributed by atoms with van der Waals surface area (Å²) in [7, 11) is 0. The number of imide groups is 2. The standard InChI is InChI=1S/C19H25N3O5/c1-4-7-20-17(24)18(25)22(19(20)26)11-16(23)15-9-12(2)21(13(15)3)10-14-6-5-8-27-14/h9,14H,4-8,10-11H2,1-3H3/t14-/m0/s1. The van der Waals surface area contributed by atoms with Gasteiger partial charge < -0.3 is 9.30 Å². The van der Waals surface area contributed by atoms with Gasteiger partial charge in [0.05, 0.1) is 12.6 Å². The number of aryl methyl sites for hydroxylation is 1. The van der Waals surface area contributed by atoms with Crippen molar-refractivity contribution in [2.45, 2.75) is 52.7 Å². The maximum Gasteiger partial charge on any atom is 0.334 e. The van der Waals surface area contributed by atoms with Gasteiger partial charge in [-0.05, 0) is 39.2 Å². The molecule has 146 valence electrons. The van der Waals surface area contributed by atoms with E-state index >= 15 is 0 Å². The lowest BCUT2D eigenvalue weighted by Gasteiger charge is -2.16. The Kier molecular flexibility index (Phi) is 5.46. The number of urea groups is 1. The second kappa shape index (κ2) is 7.64. The fraction of sp³-hybridized carbons (Fsp3) is 0.579. The average molecular weight is 375 g/mol. The molecule has 0 aliphatic carbocycles. The van der Waals surface area contributed by atoms with Gasteiger partial charge in [0, 0.05) is 36.6 Å². The highest BCUT2D eigenvalue weighted by molar-refractivity contribution is 6.45. The molecular weight excluding hydrogens is 350 g/mol. The number of amides is 4. The zero-order valence-electron chi connectivity index (χ0n) is 16.0. The van der Waals surface area contributed by atoms with E-state index < -0.39 is 24.4 Å². The van der Waals surface area contributed by atoms with E-state index in [1.54, 1.807) is 6.07 Å². The summed E-state index contributed by atoms with van der Waals surface area (Å²) in [5.74, 6) is -2.15. The fourth-order valence-electron chi connectivity index (χ4n) is 3.70. The monoisotopic (exact) mass is 375 g/mol. The van der Waals surface area contributed by atoms with Crippen LogP contribution in [-0.4, -0.2) is 63.8 Å². The third-order valence-electron chi connectivity index (χ3n) is 5.17. The number of rotatable bonds is 7. The van der Waals surface area contributed by atoms with E-state index in [1.807, 2.05) is 25.3 Å². The van der Waals surface area contributed by atoms with Gasteiger partial charge in [0.25, 0.3) is 0 Å². The highest BCUT2D eigenvalue weighted by Crippen LogP contribution is 2.22. The maximum atomic E-state index is 12.8. The Morgan fingerprint density at radius 3 is 2.52 bits per heavy atom. The molecule has 1 aromatic heterocycles. The quantitative estimate of drug-likeness (QED) is 0.411. The van der Waals surface area contributed by atoms with Gasteiger partial charge in [0.15, 0.2) is 5.78 Å². The van der Waals surface area contributed by atoms with Gasteiger partial charge in [-0.3, -0.25) is 19.3 Å². The van der Waals surface area contributed by atoms with Crippen molar-refractivity contribution in [1.82, 2.24) is 14.4 Å². The van der Waals surface area contributed by atoms with Crippen LogP contribution in [0, 0.1) is 13.8 Å². The number of ether oxygens (including phenoxy) is 1. The third kappa shape index (κ3) is 3.53. The first-order valence-electron chi connectivity index (χ1n) is 9.34. The number of nitrogens with zero attached hydrogens (tertiary/aromatic N) is 3. The van der Waals surface area contributed by atoms with Gasteiger partial charge in [-0.15, -0.1) is 0 Å². The van der Waals surface area contributed by atoms with Gasteiger partial charge in [-0.1, -0.05) is 6.92 Å². The molecule has 2 fully saturated rings. The Labute approximate surface area is 158 Å². The Balaban J connectivity index is 1.75. The van der Waals surface area contributed by atoms with E-state index in [9.17, 15) is 19.2 Å². The molecule has 3 rings (SSSR count). The van der Waals surface area contributed by atoms with Gasteiger partial charge in [0.2, 0.25) is 0 Å². The molecule has 0 saturated carbocycles. The number of aromatic nitrogens is 1. The van der Waals surface area contributed by atoms with Crippen molar-refractivity contribution in [3.8, 4) is 0 Å². The van der Waals surface area contributed by atoms with E-state index in [4.69, 9.17) is 4.74 Å². The van der Waals surface area contributed by atoms with Crippen molar-refractivity contribution in [1.29, 1.82) is 0 Å². The molecule has 1 atom stereocenters. The van der Waals surface area contributed by atoms with Gasteiger partial charge in [-0.2, -0.15) is 0 Å². The van der Waals surface area contributed by atoms with Crippen molar-refractivity contribution in [3.05, 3.63) is 23.0 Å². The Hall–Kier alpha value is -2.48. The summed E-state index contributed by atoms with van der Waals surface area (Å²) < 4.78 is 7.71. The zero-order valence-corrected chi connectivity index (χ0v) is 16.0. The van der Waals surface area contributed by atoms with Crippen LogP contribution in [0.1, 0.15) is 47.9 Å². The number of hydrogen-bond donors (Lipinski definition) is 0. The Morgan fingerprint density at radius 1 is 1.19 bits per heavy atom. The minimum Gasteiger partial charge on any atom is -0.376 e. The summed E-state index contributed by atoms with van der Waals surface area (Å²) in [5, 5.41) is 0. The second-order valence-electron chi connectivity index (χ2n) is 7.08. The predicted octanol–water partition coefficient (Wildman–Crippen LogP) is 1.67. The first-order valence-corrected chi connectivity index (χ1v) is 9.34. The molecule has 0 aromatic carbocycles. The molecule has 2 aliphatic rings. The SMILES string of the molecule is CCCN1C(=O)C(=O)N(CC(=O)c2cc(C)n(C[C@@H]3CCCO3)c2C)C1=O. The molecule has 0 spiro atoms. The molecule has 3 heterocycles. The normalized spacial score (nSPS) is 20.3. The third-order valence-corrected chi connectivity index (χ3v) is 5.17. The van der Waals surface area contributed by atoms with E-state index in [0.29, 0.717) is 18.5 Å². The van der Waals surface area contributed by atoms with Gasteiger partial charge in [-0.25, -0.2) is 9.69 Å². The first-order chi connectivity index (χ1) is 12.8. The number of ketones is 1. The summed E-state index contributed by atoms with van der Waals surface area (Å²) in [5.41, 5.74) is 2.17. The molecule has 27 heavy (non-hydrogen) atoms. The Morgan fingerprint density at radius 2 is 1.89 bits per heavy atom. The smallest absolute Gasteiger partial charge is 0.334 e. The first kappa shape index (κ1) is 19.3. The predicted molar refractivity (Wildman–Crippen MR) is 96.3 cm³/mol. The van der Waals surface area contributed by atoms with Crippen LogP contribution in [0.2, 0.25) is 0 Å². The average Bonchev–Trinajstić information content (AvgIpc) is 3.30. The molecule has 8 nitrogen and oxygen atoms in total. The molecule has 2 aliphatic heterocycles. The molecule has 1 aromatic rings. The summed E-state index contributed by atoms with van der Waals surface area (Å²) >= 11 is 0. The largest absolute Gasteiger partial charge is 0.376 e. The van der Waals surface area contributed by atoms with Crippen LogP contribution in [-0.2, 0) is 20.9 Å². The summed E-state index contributed by atoms with van der Waals surface area (Å²) in [6.07, 6.45) is 2.72. The van der Waals surface area contributed by atoms with Crippen LogP contribution in [0.4, 0.5) is 4.79 Å². The zero-order chi connectivity index (χ0) is 19.7. The summed E-state index contributed by atoms with van der Waals surface area (Å²) in [6, 6.07) is 1.05. The summed E-state index contributed by atoms with van der Waals surface area (Å²) in [4.78, 5) is 50.7. The molecule has 8 heteroatoms. The van der Waals surface area contributed by atoms with E-state index in [0.717, 1.165) is 40.6 Å². The second-order valence-corrected chi connectivity index (χ2v) is 7.08. The molecule has 4 amide bonds. The van der Waals surface area contributed by atoms with Crippen LogP contribution in [0.25, 0.3) is 0 Å². The molecular formula is C19H25N3O5. The van der Waals surface area contributed by atoms with Crippen LogP contribution in [0.5, 0.6) is 0 Å². The fourth-order valence-corrected chi connectivity index (χ4v) is 3.70.